The minimum absolute atomic E-state index is 0.00583. The number of aromatic nitrogens is 2. The van der Waals surface area contributed by atoms with Crippen LogP contribution in [0, 0.1) is 0 Å². The van der Waals surface area contributed by atoms with E-state index in [0.717, 1.165) is 21.0 Å². The van der Waals surface area contributed by atoms with Gasteiger partial charge in [0, 0.05) is 35.7 Å². The number of benzene rings is 1. The second-order valence-electron chi connectivity index (χ2n) is 15.0. The Morgan fingerprint density at radius 2 is 1.44 bits per heavy atom. The molecule has 0 unspecified atom stereocenters. The molecule has 5 rings (SSSR count). The van der Waals surface area contributed by atoms with Gasteiger partial charge in [0.1, 0.15) is 51.6 Å². The van der Waals surface area contributed by atoms with Crippen LogP contribution in [0.25, 0.3) is 21.6 Å². The SMILES string of the molecule is CC(C)(C)OC(=O)N1C[C@H](O)C[C@H]1C(=O)O.COc1ccc2c(O[C@@H]3C[C@@H](C(=O)O)N(C(=O)OC(C)(C)C)C3)cc(-c3nc(C(C)C)cs3)nc2c1. The first-order valence-corrected chi connectivity index (χ1v) is 17.8. The number of amides is 2. The third kappa shape index (κ3) is 10.2. The molecule has 0 saturated carbocycles. The van der Waals surface area contributed by atoms with Crippen LogP contribution in [0.5, 0.6) is 11.5 Å². The van der Waals surface area contributed by atoms with Gasteiger partial charge in [0.05, 0.1) is 37.5 Å². The number of carboxylic acids is 2. The summed E-state index contributed by atoms with van der Waals surface area (Å²) in [6.45, 7) is 14.6. The summed E-state index contributed by atoms with van der Waals surface area (Å²) in [5.41, 5.74) is 0.891. The number of aliphatic hydroxyl groups excluding tert-OH is 1. The van der Waals surface area contributed by atoms with Crippen molar-refractivity contribution in [2.45, 2.75) is 110 Å². The Labute approximate surface area is 306 Å². The molecule has 15 nitrogen and oxygen atoms in total. The number of carbonyl (C=O) groups is 4. The molecule has 0 radical (unpaired) electrons. The highest BCUT2D eigenvalue weighted by atomic mass is 32.1. The fourth-order valence-corrected chi connectivity index (χ4v) is 6.51. The Hall–Kier alpha value is -4.70. The maximum Gasteiger partial charge on any atom is 0.411 e. The second-order valence-corrected chi connectivity index (χ2v) is 15.8. The molecule has 2 fully saturated rings. The van der Waals surface area contributed by atoms with Crippen molar-refractivity contribution in [3.05, 3.63) is 35.3 Å². The molecule has 4 heterocycles. The van der Waals surface area contributed by atoms with Crippen LogP contribution in [0.4, 0.5) is 9.59 Å². The summed E-state index contributed by atoms with van der Waals surface area (Å²) in [7, 11) is 1.59. The molecule has 4 atom stereocenters. The van der Waals surface area contributed by atoms with Gasteiger partial charge in [-0.2, -0.15) is 0 Å². The number of fused-ring (bicyclic) bond motifs is 1. The van der Waals surface area contributed by atoms with Crippen LogP contribution in [0.2, 0.25) is 0 Å². The highest BCUT2D eigenvalue weighted by Gasteiger charge is 2.43. The van der Waals surface area contributed by atoms with Crippen LogP contribution in [-0.2, 0) is 19.1 Å². The van der Waals surface area contributed by atoms with E-state index < -0.39 is 59.6 Å². The Bertz CT molecular complexity index is 1780. The first-order chi connectivity index (χ1) is 24.1. The van der Waals surface area contributed by atoms with Gasteiger partial charge < -0.3 is 34.3 Å². The molecule has 284 valence electrons. The molecule has 1 aromatic carbocycles. The number of carbonyl (C=O) groups excluding carboxylic acids is 2. The largest absolute Gasteiger partial charge is 0.497 e. The lowest BCUT2D eigenvalue weighted by atomic mass is 10.1. The van der Waals surface area contributed by atoms with Gasteiger partial charge in [-0.15, -0.1) is 11.3 Å². The Balaban J connectivity index is 0.000000317. The van der Waals surface area contributed by atoms with E-state index in [1.54, 1.807) is 48.7 Å². The molecule has 0 bridgehead atoms. The number of nitrogens with zero attached hydrogens (tertiary/aromatic N) is 4. The third-order valence-electron chi connectivity index (χ3n) is 7.97. The molecule has 2 amide bonds. The van der Waals surface area contributed by atoms with Gasteiger partial charge in [0.25, 0.3) is 0 Å². The number of carboxylic acid groups (broad SMARTS) is 2. The Morgan fingerprint density at radius 3 is 1.96 bits per heavy atom. The zero-order valence-corrected chi connectivity index (χ0v) is 31.7. The quantitative estimate of drug-likeness (QED) is 0.264. The molecule has 16 heteroatoms. The number of hydrogen-bond donors (Lipinski definition) is 3. The zero-order valence-electron chi connectivity index (χ0n) is 30.9. The number of hydrogen-bond acceptors (Lipinski definition) is 12. The van der Waals surface area contributed by atoms with Gasteiger partial charge in [-0.1, -0.05) is 13.8 Å². The van der Waals surface area contributed by atoms with Crippen molar-refractivity contribution in [2.24, 2.45) is 0 Å². The van der Waals surface area contributed by atoms with Gasteiger partial charge in [-0.25, -0.2) is 29.1 Å². The van der Waals surface area contributed by atoms with Crippen LogP contribution in [-0.4, -0.2) is 115 Å². The number of methoxy groups -OCH3 is 1. The summed E-state index contributed by atoms with van der Waals surface area (Å²) in [6.07, 6.45) is -2.52. The monoisotopic (exact) mass is 744 g/mol. The van der Waals surface area contributed by atoms with E-state index in [9.17, 15) is 29.4 Å². The lowest BCUT2D eigenvalue weighted by Gasteiger charge is -2.26. The van der Waals surface area contributed by atoms with Gasteiger partial charge in [-0.05, 0) is 59.6 Å². The smallest absolute Gasteiger partial charge is 0.411 e. The molecule has 2 saturated heterocycles. The first kappa shape index (κ1) is 40.1. The molecule has 2 aliphatic rings. The number of thiazole rings is 1. The molecular weight excluding hydrogens is 696 g/mol. The standard InChI is InChI=1S/C26H31N3O6S.C10H17NO5/c1-14(2)20-13-36-23(28-20)19-11-22(17-8-7-15(33-6)9-18(17)27-19)34-16-10-21(24(30)31)29(12-16)25(32)35-26(3,4)5;1-10(2,3)16-9(15)11-5-6(12)4-7(11)8(13)14/h7-9,11,13-14,16,21H,10,12H2,1-6H3,(H,30,31);6-7,12H,4-5H2,1-3H3,(H,13,14)/t16-,21+;6-,7+/m11/s1. The second kappa shape index (κ2) is 15.9. The number of rotatable bonds is 7. The molecular formula is C36H48N4O11S. The highest BCUT2D eigenvalue weighted by molar-refractivity contribution is 7.13. The predicted octanol–water partition coefficient (Wildman–Crippen LogP) is 5.77. The average molecular weight is 745 g/mol. The molecule has 0 spiro atoms. The van der Waals surface area contributed by atoms with Crippen molar-refractivity contribution in [3.8, 4) is 22.2 Å². The van der Waals surface area contributed by atoms with Crippen LogP contribution >= 0.6 is 11.3 Å². The summed E-state index contributed by atoms with van der Waals surface area (Å²) < 4.78 is 22.2. The lowest BCUT2D eigenvalue weighted by molar-refractivity contribution is -0.142. The lowest BCUT2D eigenvalue weighted by Crippen LogP contribution is -2.43. The summed E-state index contributed by atoms with van der Waals surface area (Å²) in [5, 5.41) is 31.5. The number of likely N-dealkylation sites (tertiary alicyclic amines) is 2. The van der Waals surface area contributed by atoms with Crippen LogP contribution in [0.1, 0.15) is 79.8 Å². The summed E-state index contributed by atoms with van der Waals surface area (Å²) in [6, 6.07) is 5.29. The van der Waals surface area contributed by atoms with E-state index in [1.807, 2.05) is 29.6 Å². The van der Waals surface area contributed by atoms with Gasteiger partial charge in [-0.3, -0.25) is 9.80 Å². The molecule has 0 aliphatic carbocycles. The van der Waals surface area contributed by atoms with E-state index in [4.69, 9.17) is 34.0 Å². The number of aliphatic hydroxyl groups is 1. The van der Waals surface area contributed by atoms with E-state index in [-0.39, 0.29) is 31.8 Å². The summed E-state index contributed by atoms with van der Waals surface area (Å²) >= 11 is 1.51. The minimum Gasteiger partial charge on any atom is -0.497 e. The van der Waals surface area contributed by atoms with Crippen molar-refractivity contribution in [3.63, 3.8) is 0 Å². The predicted molar refractivity (Wildman–Crippen MR) is 192 cm³/mol. The fraction of sp³-hybridized carbons (Fsp3) is 0.556. The molecule has 2 aliphatic heterocycles. The van der Waals surface area contributed by atoms with Gasteiger partial charge in [0.15, 0.2) is 0 Å². The van der Waals surface area contributed by atoms with Crippen molar-refractivity contribution < 1.29 is 53.4 Å². The number of ether oxygens (including phenoxy) is 4. The summed E-state index contributed by atoms with van der Waals surface area (Å²) in [4.78, 5) is 59.0. The van der Waals surface area contributed by atoms with Gasteiger partial charge in [0.2, 0.25) is 0 Å². The maximum absolute atomic E-state index is 12.7. The highest BCUT2D eigenvalue weighted by Crippen LogP contribution is 2.36. The first-order valence-electron chi connectivity index (χ1n) is 16.9. The Morgan fingerprint density at radius 1 is 0.865 bits per heavy atom. The third-order valence-corrected chi connectivity index (χ3v) is 8.86. The number of pyridine rings is 1. The van der Waals surface area contributed by atoms with Crippen molar-refractivity contribution in [1.82, 2.24) is 19.8 Å². The maximum atomic E-state index is 12.7. The molecule has 3 aromatic rings. The molecule has 52 heavy (non-hydrogen) atoms. The van der Waals surface area contributed by atoms with Gasteiger partial charge >= 0.3 is 24.1 Å². The van der Waals surface area contributed by atoms with Crippen molar-refractivity contribution >= 4 is 46.4 Å². The van der Waals surface area contributed by atoms with E-state index in [2.05, 4.69) is 13.8 Å². The number of β-amino-alcohol motifs (C(OH)–C–C–N with tert-alkyl or cyclic N) is 1. The number of aliphatic carboxylic acids is 2. The topological polar surface area (TPSA) is 198 Å². The van der Waals surface area contributed by atoms with Crippen LogP contribution < -0.4 is 9.47 Å². The normalized spacial score (nSPS) is 20.4. The molecule has 3 N–H and O–H groups in total. The molecule has 2 aromatic heterocycles. The van der Waals surface area contributed by atoms with E-state index in [0.29, 0.717) is 22.7 Å². The van der Waals surface area contributed by atoms with Crippen molar-refractivity contribution in [1.29, 1.82) is 0 Å². The van der Waals surface area contributed by atoms with E-state index in [1.165, 1.54) is 16.2 Å². The minimum atomic E-state index is -1.12. The zero-order chi connectivity index (χ0) is 38.7. The Kier molecular flexibility index (Phi) is 12.3. The summed E-state index contributed by atoms with van der Waals surface area (Å²) in [5.74, 6) is -0.734. The van der Waals surface area contributed by atoms with Crippen LogP contribution in [0.3, 0.4) is 0 Å². The fourth-order valence-electron chi connectivity index (χ4n) is 5.57. The van der Waals surface area contributed by atoms with Crippen LogP contribution in [0.15, 0.2) is 29.6 Å². The van der Waals surface area contributed by atoms with Crippen molar-refractivity contribution in [2.75, 3.05) is 20.2 Å². The average Bonchev–Trinajstić information content (AvgIpc) is 3.78. The van der Waals surface area contributed by atoms with E-state index >= 15 is 0 Å².